The third-order valence-corrected chi connectivity index (χ3v) is 0.282. The molecule has 0 aliphatic carbocycles. The minimum absolute atomic E-state index is 0.0265. The maximum atomic E-state index is 9.25. The van der Waals surface area contributed by atoms with Crippen molar-refractivity contribution >= 4 is 6.47 Å². The highest BCUT2D eigenvalue weighted by molar-refractivity contribution is 5.35. The van der Waals surface area contributed by atoms with E-state index in [0.717, 1.165) is 0 Å². The van der Waals surface area contributed by atoms with Crippen molar-refractivity contribution in [3.63, 3.8) is 0 Å². The van der Waals surface area contributed by atoms with Gasteiger partial charge in [0.1, 0.15) is 6.61 Å². The standard InChI is InChI=1S/C3H6O4/c4-1-2-6-7-3-5/h3-4H,1-2H2. The molecule has 0 aromatic rings. The molecule has 4 nitrogen and oxygen atoms in total. The minimum atomic E-state index is -0.145. The van der Waals surface area contributed by atoms with E-state index in [-0.39, 0.29) is 19.7 Å². The number of rotatable bonds is 4. The molecule has 0 amide bonds. The second-order valence-electron chi connectivity index (χ2n) is 0.738. The topological polar surface area (TPSA) is 55.8 Å². The quantitative estimate of drug-likeness (QED) is 0.218. The van der Waals surface area contributed by atoms with E-state index < -0.39 is 0 Å². The fourth-order valence-electron chi connectivity index (χ4n) is 0.113. The first-order chi connectivity index (χ1) is 3.41. The zero-order chi connectivity index (χ0) is 5.54. The molecule has 4 heteroatoms. The molecule has 0 heterocycles. The zero-order valence-electron chi connectivity index (χ0n) is 3.66. The summed E-state index contributed by atoms with van der Waals surface area (Å²) in [6.07, 6.45) is 0. The van der Waals surface area contributed by atoms with Crippen LogP contribution in [0, 0.1) is 0 Å². The number of carbonyl (C=O) groups is 1. The van der Waals surface area contributed by atoms with Crippen molar-refractivity contribution in [2.45, 2.75) is 0 Å². The van der Waals surface area contributed by atoms with Crippen molar-refractivity contribution in [2.75, 3.05) is 13.2 Å². The third-order valence-electron chi connectivity index (χ3n) is 0.282. The van der Waals surface area contributed by atoms with Crippen LogP contribution in [0.5, 0.6) is 0 Å². The average molecular weight is 106 g/mol. The van der Waals surface area contributed by atoms with Gasteiger partial charge in [0.15, 0.2) is 0 Å². The van der Waals surface area contributed by atoms with Crippen molar-refractivity contribution in [1.82, 2.24) is 0 Å². The van der Waals surface area contributed by atoms with Gasteiger partial charge in [-0.2, -0.15) is 4.89 Å². The molecule has 0 radical (unpaired) electrons. The van der Waals surface area contributed by atoms with Crippen LogP contribution in [0.25, 0.3) is 0 Å². The van der Waals surface area contributed by atoms with Crippen molar-refractivity contribution in [3.05, 3.63) is 0 Å². The van der Waals surface area contributed by atoms with Crippen LogP contribution >= 0.6 is 0 Å². The molecule has 0 bridgehead atoms. The predicted octanol–water partition coefficient (Wildman–Crippen LogP) is -0.917. The van der Waals surface area contributed by atoms with E-state index >= 15 is 0 Å². The molecule has 0 aliphatic heterocycles. The van der Waals surface area contributed by atoms with Gasteiger partial charge in [-0.15, -0.1) is 0 Å². The summed E-state index contributed by atoms with van der Waals surface area (Å²) >= 11 is 0. The molecule has 7 heavy (non-hydrogen) atoms. The van der Waals surface area contributed by atoms with Gasteiger partial charge in [0.05, 0.1) is 6.61 Å². The molecule has 0 spiro atoms. The minimum Gasteiger partial charge on any atom is -0.394 e. The highest BCUT2D eigenvalue weighted by Crippen LogP contribution is 1.68. The van der Waals surface area contributed by atoms with Crippen molar-refractivity contribution in [1.29, 1.82) is 0 Å². The van der Waals surface area contributed by atoms with Gasteiger partial charge < -0.3 is 9.99 Å². The Hall–Kier alpha value is -0.610. The summed E-state index contributed by atoms with van der Waals surface area (Å²) in [5.74, 6) is 0. The first kappa shape index (κ1) is 6.39. The Bertz CT molecular complexity index is 44.2. The van der Waals surface area contributed by atoms with Crippen LogP contribution in [-0.2, 0) is 14.6 Å². The lowest BCUT2D eigenvalue weighted by Crippen LogP contribution is -1.98. The summed E-state index contributed by atoms with van der Waals surface area (Å²) in [5.41, 5.74) is 0. The Balaban J connectivity index is 2.56. The molecular formula is C3H6O4. The lowest BCUT2D eigenvalue weighted by atomic mass is 10.8. The van der Waals surface area contributed by atoms with Gasteiger partial charge in [-0.3, -0.25) is 4.79 Å². The molecule has 0 aliphatic rings. The smallest absolute Gasteiger partial charge is 0.330 e. The molecule has 0 saturated carbocycles. The number of carbonyl (C=O) groups excluding carboxylic acids is 1. The van der Waals surface area contributed by atoms with Gasteiger partial charge in [0.2, 0.25) is 0 Å². The fourth-order valence-corrected chi connectivity index (χ4v) is 0.113. The van der Waals surface area contributed by atoms with Gasteiger partial charge in [0, 0.05) is 0 Å². The van der Waals surface area contributed by atoms with Crippen LogP contribution in [-0.4, -0.2) is 24.8 Å². The van der Waals surface area contributed by atoms with E-state index in [0.29, 0.717) is 0 Å². The molecule has 0 unspecified atom stereocenters. The second-order valence-corrected chi connectivity index (χ2v) is 0.738. The summed E-state index contributed by atoms with van der Waals surface area (Å²) in [4.78, 5) is 17.0. The second kappa shape index (κ2) is 5.39. The Kier molecular flexibility index (Phi) is 4.92. The molecule has 0 aromatic heterocycles. The van der Waals surface area contributed by atoms with Crippen LogP contribution in [0.3, 0.4) is 0 Å². The zero-order valence-corrected chi connectivity index (χ0v) is 3.66. The molecular weight excluding hydrogens is 100 g/mol. The Morgan fingerprint density at radius 1 is 1.71 bits per heavy atom. The normalized spacial score (nSPS) is 8.14. The van der Waals surface area contributed by atoms with Crippen molar-refractivity contribution in [3.8, 4) is 0 Å². The van der Waals surface area contributed by atoms with E-state index in [2.05, 4.69) is 9.78 Å². The van der Waals surface area contributed by atoms with Crippen LogP contribution in [0.2, 0.25) is 0 Å². The lowest BCUT2D eigenvalue weighted by Gasteiger charge is -1.90. The highest BCUT2D eigenvalue weighted by Gasteiger charge is 1.78. The monoisotopic (exact) mass is 106 g/mol. The summed E-state index contributed by atoms with van der Waals surface area (Å²) < 4.78 is 0. The van der Waals surface area contributed by atoms with Gasteiger partial charge in [-0.1, -0.05) is 0 Å². The van der Waals surface area contributed by atoms with Crippen LogP contribution in [0.1, 0.15) is 0 Å². The van der Waals surface area contributed by atoms with Crippen molar-refractivity contribution in [2.24, 2.45) is 0 Å². The first-order valence-electron chi connectivity index (χ1n) is 1.74. The highest BCUT2D eigenvalue weighted by atomic mass is 17.2. The summed E-state index contributed by atoms with van der Waals surface area (Å²) in [6, 6.07) is 0. The molecule has 0 saturated heterocycles. The SMILES string of the molecule is O=COOCCO. The van der Waals surface area contributed by atoms with Crippen molar-refractivity contribution < 1.29 is 19.7 Å². The van der Waals surface area contributed by atoms with Gasteiger partial charge in [-0.05, 0) is 0 Å². The van der Waals surface area contributed by atoms with Gasteiger partial charge >= 0.3 is 6.47 Å². The molecule has 0 fully saturated rings. The number of aliphatic hydroxyl groups excluding tert-OH is 1. The molecule has 0 aromatic carbocycles. The predicted molar refractivity (Wildman–Crippen MR) is 20.2 cm³/mol. The van der Waals surface area contributed by atoms with E-state index in [9.17, 15) is 4.79 Å². The average Bonchev–Trinajstić information content (AvgIpc) is 1.69. The molecule has 1 N–H and O–H groups in total. The number of hydrogen-bond acceptors (Lipinski definition) is 4. The number of hydrogen-bond donors (Lipinski definition) is 1. The Labute approximate surface area is 40.6 Å². The van der Waals surface area contributed by atoms with Gasteiger partial charge in [-0.25, -0.2) is 0 Å². The van der Waals surface area contributed by atoms with E-state index in [4.69, 9.17) is 5.11 Å². The summed E-state index contributed by atoms with van der Waals surface area (Å²) in [7, 11) is 0. The maximum absolute atomic E-state index is 9.25. The Morgan fingerprint density at radius 3 is 2.86 bits per heavy atom. The first-order valence-corrected chi connectivity index (χ1v) is 1.74. The summed E-state index contributed by atoms with van der Waals surface area (Å²) in [6.45, 7) is 0.0300. The number of aliphatic hydroxyl groups is 1. The Morgan fingerprint density at radius 2 is 2.43 bits per heavy atom. The molecule has 0 rings (SSSR count). The van der Waals surface area contributed by atoms with Crippen LogP contribution < -0.4 is 0 Å². The maximum Gasteiger partial charge on any atom is 0.330 e. The summed E-state index contributed by atoms with van der Waals surface area (Å²) in [5, 5.41) is 7.97. The fraction of sp³-hybridized carbons (Fsp3) is 0.667. The largest absolute Gasteiger partial charge is 0.394 e. The van der Waals surface area contributed by atoms with Crippen LogP contribution in [0.4, 0.5) is 0 Å². The van der Waals surface area contributed by atoms with E-state index in [1.165, 1.54) is 0 Å². The van der Waals surface area contributed by atoms with Crippen LogP contribution in [0.15, 0.2) is 0 Å². The lowest BCUT2D eigenvalue weighted by molar-refractivity contribution is -0.261. The van der Waals surface area contributed by atoms with Gasteiger partial charge in [0.25, 0.3) is 0 Å². The van der Waals surface area contributed by atoms with E-state index in [1.54, 1.807) is 0 Å². The van der Waals surface area contributed by atoms with E-state index in [1.807, 2.05) is 0 Å². The molecule has 42 valence electrons. The third kappa shape index (κ3) is 5.39. The molecule has 0 atom stereocenters.